The van der Waals surface area contributed by atoms with E-state index in [0.717, 1.165) is 16.8 Å². The maximum Gasteiger partial charge on any atom is 0.336 e. The molecule has 2 aromatic carbocycles. The van der Waals surface area contributed by atoms with Gasteiger partial charge in [-0.15, -0.1) is 5.10 Å². The lowest BCUT2D eigenvalue weighted by Crippen LogP contribution is -2.10. The first-order chi connectivity index (χ1) is 14.1. The van der Waals surface area contributed by atoms with E-state index >= 15 is 0 Å². The first kappa shape index (κ1) is 20.5. The van der Waals surface area contributed by atoms with Gasteiger partial charge in [0.1, 0.15) is 6.61 Å². The zero-order valence-corrected chi connectivity index (χ0v) is 17.0. The predicted molar refractivity (Wildman–Crippen MR) is 112 cm³/mol. The lowest BCUT2D eigenvalue weighted by atomic mass is 10.1. The molecule has 0 aliphatic heterocycles. The van der Waals surface area contributed by atoms with Gasteiger partial charge in [-0.05, 0) is 37.6 Å². The fourth-order valence-electron chi connectivity index (χ4n) is 2.83. The van der Waals surface area contributed by atoms with E-state index in [1.165, 1.54) is 0 Å². The van der Waals surface area contributed by atoms with Crippen molar-refractivity contribution in [2.24, 2.45) is 0 Å². The smallest absolute Gasteiger partial charge is 0.336 e. The van der Waals surface area contributed by atoms with Crippen LogP contribution in [0.3, 0.4) is 0 Å². The third-order valence-electron chi connectivity index (χ3n) is 4.33. The van der Waals surface area contributed by atoms with Gasteiger partial charge in [-0.2, -0.15) is 4.98 Å². The minimum Gasteiger partial charge on any atom is -0.460 e. The Morgan fingerprint density at radius 2 is 1.93 bits per heavy atom. The molecule has 0 fully saturated rings. The van der Waals surface area contributed by atoms with E-state index in [1.807, 2.05) is 69.3 Å². The zero-order chi connectivity index (χ0) is 20.6. The molecule has 1 aromatic heterocycles. The zero-order valence-electron chi connectivity index (χ0n) is 17.0. The largest absolute Gasteiger partial charge is 0.460 e. The van der Waals surface area contributed by atoms with Crippen LogP contribution < -0.4 is 10.1 Å². The number of carbonyl (C=O) groups excluding carboxylic acids is 1. The van der Waals surface area contributed by atoms with Crippen molar-refractivity contribution in [3.63, 3.8) is 0 Å². The van der Waals surface area contributed by atoms with Gasteiger partial charge in [0.15, 0.2) is 5.82 Å². The summed E-state index contributed by atoms with van der Waals surface area (Å²) < 4.78 is 12.7. The highest BCUT2D eigenvalue weighted by molar-refractivity contribution is 5.90. The molecule has 7 nitrogen and oxygen atoms in total. The molecule has 1 amide bonds. The molecule has 0 saturated carbocycles. The van der Waals surface area contributed by atoms with Crippen LogP contribution in [0, 0.1) is 6.92 Å². The summed E-state index contributed by atoms with van der Waals surface area (Å²) in [6, 6.07) is 15.8. The number of aryl methyl sites for hydroxylation is 1. The summed E-state index contributed by atoms with van der Waals surface area (Å²) in [5.74, 6) is 0.633. The van der Waals surface area contributed by atoms with E-state index < -0.39 is 0 Å². The fraction of sp³-hybridized carbons (Fsp3) is 0.318. The number of benzene rings is 2. The molecule has 1 N–H and O–H groups in total. The minimum atomic E-state index is -0.0418. The van der Waals surface area contributed by atoms with Crippen molar-refractivity contribution >= 4 is 11.6 Å². The first-order valence-corrected chi connectivity index (χ1v) is 9.76. The van der Waals surface area contributed by atoms with Crippen LogP contribution in [0.1, 0.15) is 25.8 Å². The highest BCUT2D eigenvalue weighted by Gasteiger charge is 2.16. The second kappa shape index (κ2) is 9.84. The second-order valence-electron chi connectivity index (χ2n) is 6.44. The number of rotatable bonds is 9. The number of hydrogen-bond acceptors (Lipinski definition) is 5. The third-order valence-corrected chi connectivity index (χ3v) is 4.33. The van der Waals surface area contributed by atoms with Crippen LogP contribution >= 0.6 is 0 Å². The van der Waals surface area contributed by atoms with E-state index in [9.17, 15) is 4.79 Å². The monoisotopic (exact) mass is 394 g/mol. The van der Waals surface area contributed by atoms with Crippen molar-refractivity contribution in [2.75, 3.05) is 25.1 Å². The van der Waals surface area contributed by atoms with Crippen molar-refractivity contribution in [1.29, 1.82) is 0 Å². The molecule has 152 valence electrons. The van der Waals surface area contributed by atoms with E-state index in [0.29, 0.717) is 37.8 Å². The summed E-state index contributed by atoms with van der Waals surface area (Å²) in [6.07, 6.45) is 0.417. The highest BCUT2D eigenvalue weighted by Crippen LogP contribution is 2.27. The summed E-state index contributed by atoms with van der Waals surface area (Å²) >= 11 is 0. The van der Waals surface area contributed by atoms with E-state index in [2.05, 4.69) is 15.4 Å². The number of amides is 1. The van der Waals surface area contributed by atoms with Gasteiger partial charge >= 0.3 is 6.01 Å². The lowest BCUT2D eigenvalue weighted by Gasteiger charge is -2.10. The summed E-state index contributed by atoms with van der Waals surface area (Å²) in [5, 5.41) is 7.43. The van der Waals surface area contributed by atoms with Crippen molar-refractivity contribution < 1.29 is 14.3 Å². The van der Waals surface area contributed by atoms with Gasteiger partial charge in [0.05, 0.1) is 12.3 Å². The molecule has 29 heavy (non-hydrogen) atoms. The number of carbonyl (C=O) groups is 1. The first-order valence-electron chi connectivity index (χ1n) is 9.76. The van der Waals surface area contributed by atoms with Gasteiger partial charge in [-0.1, -0.05) is 37.3 Å². The lowest BCUT2D eigenvalue weighted by molar-refractivity contribution is -0.115. The molecular weight excluding hydrogens is 368 g/mol. The number of ether oxygens (including phenoxy) is 2. The summed E-state index contributed by atoms with van der Waals surface area (Å²) in [5.41, 5.74) is 3.53. The Balaban J connectivity index is 1.98. The van der Waals surface area contributed by atoms with E-state index in [4.69, 9.17) is 9.47 Å². The highest BCUT2D eigenvalue weighted by atomic mass is 16.5. The standard InChI is InChI=1S/C22H26N4O3/c1-4-20(27)23-17-10-8-11-18(15-17)26-21(19-12-7-6-9-16(19)3)24-22(25-26)29-14-13-28-5-2/h6-12,15H,4-5,13-14H2,1-3H3,(H,23,27). The van der Waals surface area contributed by atoms with Crippen LogP contribution in [0.15, 0.2) is 48.5 Å². The average molecular weight is 394 g/mol. The SMILES string of the molecule is CCOCCOc1nc(-c2ccccc2C)n(-c2cccc(NC(=O)CC)c2)n1. The summed E-state index contributed by atoms with van der Waals surface area (Å²) in [7, 11) is 0. The quantitative estimate of drug-likeness (QED) is 0.555. The molecular formula is C22H26N4O3. The number of anilines is 1. The average Bonchev–Trinajstić information content (AvgIpc) is 3.15. The third kappa shape index (κ3) is 5.20. The molecule has 0 aliphatic rings. The molecule has 0 radical (unpaired) electrons. The fourth-order valence-corrected chi connectivity index (χ4v) is 2.83. The Kier molecular flexibility index (Phi) is 6.97. The number of nitrogens with zero attached hydrogens (tertiary/aromatic N) is 3. The van der Waals surface area contributed by atoms with Crippen LogP contribution in [0.2, 0.25) is 0 Å². The molecule has 3 rings (SSSR count). The van der Waals surface area contributed by atoms with Crippen LogP contribution in [0.5, 0.6) is 6.01 Å². The molecule has 0 bridgehead atoms. The Morgan fingerprint density at radius 3 is 2.69 bits per heavy atom. The van der Waals surface area contributed by atoms with Gasteiger partial charge in [0.25, 0.3) is 0 Å². The van der Waals surface area contributed by atoms with Crippen molar-refractivity contribution in [2.45, 2.75) is 27.2 Å². The normalized spacial score (nSPS) is 10.7. The van der Waals surface area contributed by atoms with Crippen LogP contribution in [-0.4, -0.2) is 40.5 Å². The van der Waals surface area contributed by atoms with Crippen molar-refractivity contribution in [1.82, 2.24) is 14.8 Å². The number of hydrogen-bond donors (Lipinski definition) is 1. The van der Waals surface area contributed by atoms with Gasteiger partial charge in [0, 0.05) is 24.3 Å². The summed E-state index contributed by atoms with van der Waals surface area (Å²) in [6.45, 7) is 7.27. The van der Waals surface area contributed by atoms with Crippen LogP contribution in [-0.2, 0) is 9.53 Å². The molecule has 7 heteroatoms. The van der Waals surface area contributed by atoms with Crippen LogP contribution in [0.4, 0.5) is 5.69 Å². The Hall–Kier alpha value is -3.19. The molecule has 0 atom stereocenters. The van der Waals surface area contributed by atoms with Gasteiger partial charge in [-0.25, -0.2) is 4.68 Å². The molecule has 0 unspecified atom stereocenters. The Morgan fingerprint density at radius 1 is 1.10 bits per heavy atom. The van der Waals surface area contributed by atoms with Crippen molar-refractivity contribution in [3.8, 4) is 23.1 Å². The minimum absolute atomic E-state index is 0.0418. The molecule has 0 spiro atoms. The van der Waals surface area contributed by atoms with Gasteiger partial charge in [-0.3, -0.25) is 4.79 Å². The van der Waals surface area contributed by atoms with Crippen LogP contribution in [0.25, 0.3) is 17.1 Å². The molecule has 1 heterocycles. The van der Waals surface area contributed by atoms with Gasteiger partial charge in [0.2, 0.25) is 5.91 Å². The second-order valence-corrected chi connectivity index (χ2v) is 6.44. The topological polar surface area (TPSA) is 78.3 Å². The number of aromatic nitrogens is 3. The maximum atomic E-state index is 11.8. The van der Waals surface area contributed by atoms with Crippen molar-refractivity contribution in [3.05, 3.63) is 54.1 Å². The van der Waals surface area contributed by atoms with E-state index in [1.54, 1.807) is 4.68 Å². The number of nitrogens with one attached hydrogen (secondary N) is 1. The van der Waals surface area contributed by atoms with Gasteiger partial charge < -0.3 is 14.8 Å². The molecule has 0 saturated heterocycles. The maximum absolute atomic E-state index is 11.8. The van der Waals surface area contributed by atoms with E-state index in [-0.39, 0.29) is 11.9 Å². The Bertz CT molecular complexity index is 968. The Labute approximate surface area is 170 Å². The summed E-state index contributed by atoms with van der Waals surface area (Å²) in [4.78, 5) is 16.4. The predicted octanol–water partition coefficient (Wildman–Crippen LogP) is 4.01. The molecule has 0 aliphatic carbocycles. The molecule has 3 aromatic rings.